The number of hydrogen-bond donors (Lipinski definition) is 3. The van der Waals surface area contributed by atoms with Crippen molar-refractivity contribution in [2.24, 2.45) is 11.8 Å². The number of likely N-dealkylation sites (tertiary alicyclic amines) is 2. The van der Waals surface area contributed by atoms with Gasteiger partial charge in [0, 0.05) is 36.6 Å². The second-order valence-corrected chi connectivity index (χ2v) is 17.2. The fraction of sp³-hybridized carbons (Fsp3) is 0.477. The van der Waals surface area contributed by atoms with Gasteiger partial charge in [-0.3, -0.25) is 9.69 Å². The molecule has 0 saturated carbocycles. The Morgan fingerprint density at radius 3 is 2.55 bits per heavy atom. The summed E-state index contributed by atoms with van der Waals surface area (Å²) in [5.74, 6) is 2.13. The van der Waals surface area contributed by atoms with Gasteiger partial charge in [0.15, 0.2) is 0 Å². The minimum atomic E-state index is -0.719. The summed E-state index contributed by atoms with van der Waals surface area (Å²) in [6.45, 7) is 13.0. The number of carbonyl (C=O) groups excluding carboxylic acids is 3. The number of imidazole rings is 2. The fourth-order valence-electron chi connectivity index (χ4n) is 8.84. The lowest BCUT2D eigenvalue weighted by Crippen LogP contribution is -2.52. The molecular weight excluding hydrogens is 739 g/mol. The van der Waals surface area contributed by atoms with E-state index in [1.54, 1.807) is 12.0 Å². The van der Waals surface area contributed by atoms with Gasteiger partial charge in [0.1, 0.15) is 35.6 Å². The van der Waals surface area contributed by atoms with Crippen LogP contribution in [0.5, 0.6) is 5.75 Å². The average Bonchev–Trinajstić information content (AvgIpc) is 4.00. The molecule has 14 heteroatoms. The van der Waals surface area contributed by atoms with Crippen LogP contribution in [0.15, 0.2) is 48.7 Å². The van der Waals surface area contributed by atoms with E-state index in [4.69, 9.17) is 28.9 Å². The number of carbonyl (C=O) groups is 3. The van der Waals surface area contributed by atoms with Crippen molar-refractivity contribution in [3.63, 3.8) is 0 Å². The molecule has 0 aliphatic carbocycles. The Hall–Kier alpha value is -5.63. The lowest BCUT2D eigenvalue weighted by Gasteiger charge is -2.32. The molecule has 2 unspecified atom stereocenters. The SMILES string of the molecule is COCC1C[C@@H](c2ncc(-c3ccc4c(c3)COc3cc5c(ccc6nc([C@@H]7CC[C@H](C)N7C(=O)C(NC(=O)OC)C(C)C)[nH]c65)cc3-4)[nH]2)N(C(=O)OC(C)(C)C)C1. The highest BCUT2D eigenvalue weighted by molar-refractivity contribution is 6.07. The minimum absolute atomic E-state index is 0.0184. The van der Waals surface area contributed by atoms with Gasteiger partial charge in [0.25, 0.3) is 0 Å². The normalized spacial score (nSPS) is 20.9. The van der Waals surface area contributed by atoms with Crippen molar-refractivity contribution in [3.8, 4) is 28.1 Å². The molecule has 2 saturated heterocycles. The largest absolute Gasteiger partial charge is 0.488 e. The molecule has 5 aromatic rings. The van der Waals surface area contributed by atoms with E-state index >= 15 is 0 Å². The maximum Gasteiger partial charge on any atom is 0.410 e. The molecule has 3 aliphatic rings. The summed E-state index contributed by atoms with van der Waals surface area (Å²) in [6.07, 6.45) is 3.15. The van der Waals surface area contributed by atoms with Crippen LogP contribution in [0.4, 0.5) is 9.59 Å². The summed E-state index contributed by atoms with van der Waals surface area (Å²) in [5, 5.41) is 4.76. The minimum Gasteiger partial charge on any atom is -0.488 e. The topological polar surface area (TPSA) is 164 Å². The molecule has 3 aromatic carbocycles. The molecule has 306 valence electrons. The first-order chi connectivity index (χ1) is 27.7. The van der Waals surface area contributed by atoms with Crippen LogP contribution >= 0.6 is 0 Å². The van der Waals surface area contributed by atoms with E-state index in [1.807, 2.05) is 58.7 Å². The van der Waals surface area contributed by atoms with Crippen LogP contribution in [0.25, 0.3) is 44.2 Å². The van der Waals surface area contributed by atoms with E-state index in [9.17, 15) is 14.4 Å². The predicted molar refractivity (Wildman–Crippen MR) is 219 cm³/mol. The van der Waals surface area contributed by atoms with Gasteiger partial charge in [0.2, 0.25) is 5.91 Å². The zero-order valence-corrected chi connectivity index (χ0v) is 34.5. The Morgan fingerprint density at radius 1 is 1.00 bits per heavy atom. The summed E-state index contributed by atoms with van der Waals surface area (Å²) < 4.78 is 22.4. The molecule has 0 bridgehead atoms. The molecule has 2 aromatic heterocycles. The summed E-state index contributed by atoms with van der Waals surface area (Å²) in [5.41, 5.74) is 6.08. The van der Waals surface area contributed by atoms with E-state index < -0.39 is 17.7 Å². The summed E-state index contributed by atoms with van der Waals surface area (Å²) in [6, 6.07) is 13.4. The van der Waals surface area contributed by atoms with E-state index in [0.29, 0.717) is 19.8 Å². The molecule has 3 N–H and O–H groups in total. The number of nitrogens with zero attached hydrogens (tertiary/aromatic N) is 4. The third kappa shape index (κ3) is 7.34. The fourth-order valence-corrected chi connectivity index (χ4v) is 8.84. The van der Waals surface area contributed by atoms with Gasteiger partial charge in [-0.25, -0.2) is 19.6 Å². The van der Waals surface area contributed by atoms with Crippen LogP contribution in [0, 0.1) is 11.8 Å². The highest BCUT2D eigenvalue weighted by atomic mass is 16.6. The molecule has 5 atom stereocenters. The van der Waals surface area contributed by atoms with Crippen molar-refractivity contribution in [2.45, 2.75) is 97.2 Å². The number of rotatable bonds is 8. The van der Waals surface area contributed by atoms with Crippen molar-refractivity contribution < 1.29 is 33.3 Å². The predicted octanol–water partition coefficient (Wildman–Crippen LogP) is 8.04. The number of fused-ring (bicyclic) bond motifs is 6. The molecule has 3 amide bonds. The summed E-state index contributed by atoms with van der Waals surface area (Å²) in [4.78, 5) is 59.8. The number of H-pyrrole nitrogens is 2. The first-order valence-electron chi connectivity index (χ1n) is 20.2. The maximum absolute atomic E-state index is 14.0. The maximum atomic E-state index is 14.0. The third-order valence-electron chi connectivity index (χ3n) is 11.6. The Balaban J connectivity index is 1.06. The lowest BCUT2D eigenvalue weighted by molar-refractivity contribution is -0.137. The van der Waals surface area contributed by atoms with Gasteiger partial charge in [-0.05, 0) is 99.2 Å². The Kier molecular flexibility index (Phi) is 10.3. The Labute approximate surface area is 338 Å². The van der Waals surface area contributed by atoms with E-state index in [0.717, 1.165) is 86.4 Å². The van der Waals surface area contributed by atoms with Crippen molar-refractivity contribution in [3.05, 3.63) is 65.9 Å². The van der Waals surface area contributed by atoms with Gasteiger partial charge in [0.05, 0.1) is 48.7 Å². The number of methoxy groups -OCH3 is 2. The molecule has 0 spiro atoms. The molecule has 5 heterocycles. The van der Waals surface area contributed by atoms with E-state index in [1.165, 1.54) is 7.11 Å². The standard InChI is InChI=1S/C44H53N7O7/c1-23(2)37(49-42(53)56-8)41(52)51-24(3)9-14-34(51)40-46-32-13-11-26-17-31-29-12-10-27(16-28(29)22-57-36(31)18-30(26)38(32)48-40)33-19-45-39(47-33)35-15-25(21-55-7)20-50(35)43(54)58-44(4,5)6/h10-13,16-19,23-25,34-35,37H,9,14-15,20-22H2,1-8H3,(H,45,47)(H,46,48)(H,49,53)/t24-,25?,34-,35-,37?/m0/s1. The average molecular weight is 792 g/mol. The van der Waals surface area contributed by atoms with Crippen molar-refractivity contribution in [1.82, 2.24) is 35.1 Å². The Bertz CT molecular complexity index is 2380. The van der Waals surface area contributed by atoms with Gasteiger partial charge in [-0.1, -0.05) is 32.0 Å². The van der Waals surface area contributed by atoms with E-state index in [2.05, 4.69) is 51.7 Å². The van der Waals surface area contributed by atoms with Gasteiger partial charge < -0.3 is 39.1 Å². The second kappa shape index (κ2) is 15.3. The van der Waals surface area contributed by atoms with Crippen molar-refractivity contribution >= 4 is 39.9 Å². The molecular formula is C44H53N7O7. The number of hydrogen-bond acceptors (Lipinski definition) is 9. The highest BCUT2D eigenvalue weighted by Gasteiger charge is 2.42. The number of alkyl carbamates (subject to hydrolysis) is 1. The lowest BCUT2D eigenvalue weighted by atomic mass is 9.92. The number of benzene rings is 3. The zero-order valence-electron chi connectivity index (χ0n) is 34.5. The second-order valence-electron chi connectivity index (χ2n) is 17.2. The molecule has 2 fully saturated rings. The molecule has 3 aliphatic heterocycles. The number of aromatic nitrogens is 4. The molecule has 0 radical (unpaired) electrons. The van der Waals surface area contributed by atoms with E-state index in [-0.39, 0.29) is 42.0 Å². The first kappa shape index (κ1) is 39.2. The highest BCUT2D eigenvalue weighted by Crippen LogP contribution is 2.44. The van der Waals surface area contributed by atoms with Gasteiger partial charge >= 0.3 is 12.2 Å². The van der Waals surface area contributed by atoms with Crippen LogP contribution in [-0.2, 0) is 25.6 Å². The first-order valence-corrected chi connectivity index (χ1v) is 20.2. The van der Waals surface area contributed by atoms with Crippen molar-refractivity contribution in [2.75, 3.05) is 27.4 Å². The van der Waals surface area contributed by atoms with Crippen LogP contribution in [0.1, 0.15) is 90.1 Å². The van der Waals surface area contributed by atoms with Gasteiger partial charge in [-0.2, -0.15) is 0 Å². The monoisotopic (exact) mass is 791 g/mol. The smallest absolute Gasteiger partial charge is 0.410 e. The third-order valence-corrected chi connectivity index (χ3v) is 11.6. The van der Waals surface area contributed by atoms with Crippen LogP contribution in [-0.4, -0.2) is 92.9 Å². The summed E-state index contributed by atoms with van der Waals surface area (Å²) >= 11 is 0. The van der Waals surface area contributed by atoms with Crippen molar-refractivity contribution in [1.29, 1.82) is 0 Å². The zero-order chi connectivity index (χ0) is 41.0. The quantitative estimate of drug-likeness (QED) is 0.141. The summed E-state index contributed by atoms with van der Waals surface area (Å²) in [7, 11) is 2.98. The van der Waals surface area contributed by atoms with Crippen LogP contribution in [0.3, 0.4) is 0 Å². The number of ether oxygens (including phenoxy) is 4. The molecule has 14 nitrogen and oxygen atoms in total. The molecule has 58 heavy (non-hydrogen) atoms. The Morgan fingerprint density at radius 2 is 1.81 bits per heavy atom. The number of nitrogens with one attached hydrogen (secondary N) is 3. The van der Waals surface area contributed by atoms with Gasteiger partial charge in [-0.15, -0.1) is 0 Å². The van der Waals surface area contributed by atoms with Crippen LogP contribution < -0.4 is 10.1 Å². The number of amides is 3. The van der Waals surface area contributed by atoms with Crippen LogP contribution in [0.2, 0.25) is 0 Å². The number of aromatic amines is 2. The molecule has 8 rings (SSSR count).